The summed E-state index contributed by atoms with van der Waals surface area (Å²) in [4.78, 5) is 0. The molecule has 0 radical (unpaired) electrons. The van der Waals surface area contributed by atoms with Gasteiger partial charge in [-0.2, -0.15) is 0 Å². The van der Waals surface area contributed by atoms with Crippen molar-refractivity contribution in [2.24, 2.45) is 5.84 Å². The highest BCUT2D eigenvalue weighted by molar-refractivity contribution is 6.30. The van der Waals surface area contributed by atoms with Crippen LogP contribution in [0.4, 0.5) is 5.69 Å². The van der Waals surface area contributed by atoms with Crippen LogP contribution in [-0.4, -0.2) is 0 Å². The number of hydrogen-bond donors (Lipinski definition) is 3. The van der Waals surface area contributed by atoms with Gasteiger partial charge in [0.05, 0.1) is 0 Å². The van der Waals surface area contributed by atoms with Crippen LogP contribution >= 0.6 is 11.6 Å². The van der Waals surface area contributed by atoms with E-state index < -0.39 is 0 Å². The Balaban J connectivity index is 1.95. The Morgan fingerprint density at radius 3 is 2.50 bits per heavy atom. The van der Waals surface area contributed by atoms with Gasteiger partial charge in [0.1, 0.15) is 0 Å². The van der Waals surface area contributed by atoms with Crippen LogP contribution in [0, 0.1) is 0 Å². The summed E-state index contributed by atoms with van der Waals surface area (Å²) >= 11 is 5.92. The topological polar surface area (TPSA) is 64.1 Å². The summed E-state index contributed by atoms with van der Waals surface area (Å²) in [6.45, 7) is 0. The van der Waals surface area contributed by atoms with Gasteiger partial charge < -0.3 is 5.73 Å². The Hall–Kier alpha value is -1.55. The van der Waals surface area contributed by atoms with E-state index in [1.54, 1.807) is 6.07 Å². The minimum atomic E-state index is 0.0518. The molecule has 0 aliphatic rings. The van der Waals surface area contributed by atoms with Gasteiger partial charge in [-0.1, -0.05) is 48.0 Å². The summed E-state index contributed by atoms with van der Waals surface area (Å²) in [5, 5.41) is 0.645. The van der Waals surface area contributed by atoms with Crippen molar-refractivity contribution in [1.29, 1.82) is 0 Å². The first-order valence-corrected chi connectivity index (χ1v) is 7.13. The lowest BCUT2D eigenvalue weighted by Gasteiger charge is -2.18. The highest BCUT2D eigenvalue weighted by Crippen LogP contribution is 2.26. The van der Waals surface area contributed by atoms with Crippen LogP contribution in [-0.2, 0) is 6.42 Å². The number of nitrogens with one attached hydrogen (secondary N) is 1. The molecule has 2 rings (SSSR count). The third kappa shape index (κ3) is 3.97. The number of hydrazine groups is 1. The Labute approximate surface area is 124 Å². The van der Waals surface area contributed by atoms with Crippen LogP contribution in [0.5, 0.6) is 0 Å². The normalized spacial score (nSPS) is 12.3. The quantitative estimate of drug-likeness (QED) is 0.433. The lowest BCUT2D eigenvalue weighted by Crippen LogP contribution is -2.28. The van der Waals surface area contributed by atoms with E-state index in [-0.39, 0.29) is 6.04 Å². The van der Waals surface area contributed by atoms with Gasteiger partial charge in [0.25, 0.3) is 0 Å². The molecule has 2 aromatic carbocycles. The third-order valence-electron chi connectivity index (χ3n) is 3.43. The Morgan fingerprint density at radius 2 is 1.85 bits per heavy atom. The molecule has 1 unspecified atom stereocenters. The van der Waals surface area contributed by atoms with E-state index in [1.165, 1.54) is 5.56 Å². The predicted molar refractivity (Wildman–Crippen MR) is 85.3 cm³/mol. The second kappa shape index (κ2) is 7.29. The van der Waals surface area contributed by atoms with Crippen LogP contribution in [0.25, 0.3) is 0 Å². The maximum atomic E-state index is 6.00. The van der Waals surface area contributed by atoms with Crippen LogP contribution in [0.15, 0.2) is 48.5 Å². The van der Waals surface area contributed by atoms with E-state index in [0.29, 0.717) is 10.7 Å². The number of aryl methyl sites for hydroxylation is 1. The third-order valence-corrected chi connectivity index (χ3v) is 3.66. The Morgan fingerprint density at radius 1 is 1.10 bits per heavy atom. The van der Waals surface area contributed by atoms with Crippen molar-refractivity contribution in [3.63, 3.8) is 0 Å². The van der Waals surface area contributed by atoms with Gasteiger partial charge in [0, 0.05) is 16.8 Å². The van der Waals surface area contributed by atoms with Crippen molar-refractivity contribution in [2.45, 2.75) is 25.3 Å². The largest absolute Gasteiger partial charge is 0.398 e. The molecule has 0 saturated heterocycles. The van der Waals surface area contributed by atoms with Crippen LogP contribution in [0.1, 0.15) is 30.0 Å². The molecule has 5 N–H and O–H groups in total. The minimum absolute atomic E-state index is 0.0518. The summed E-state index contributed by atoms with van der Waals surface area (Å²) in [7, 11) is 0. The van der Waals surface area contributed by atoms with E-state index in [4.69, 9.17) is 23.2 Å². The molecular weight excluding hydrogens is 270 g/mol. The van der Waals surface area contributed by atoms with E-state index in [0.717, 1.165) is 24.8 Å². The van der Waals surface area contributed by atoms with E-state index in [9.17, 15) is 0 Å². The van der Waals surface area contributed by atoms with Gasteiger partial charge in [-0.15, -0.1) is 0 Å². The summed E-state index contributed by atoms with van der Waals surface area (Å²) in [6.07, 6.45) is 3.00. The molecule has 0 fully saturated rings. The van der Waals surface area contributed by atoms with Crippen LogP contribution < -0.4 is 17.0 Å². The molecule has 0 aromatic heterocycles. The maximum absolute atomic E-state index is 6.00. The molecule has 2 aromatic rings. The van der Waals surface area contributed by atoms with Gasteiger partial charge in [-0.3, -0.25) is 11.3 Å². The van der Waals surface area contributed by atoms with Gasteiger partial charge in [-0.05, 0) is 42.5 Å². The molecule has 0 aliphatic carbocycles. The SMILES string of the molecule is NNC(CCCc1ccccc1)c1ccc(Cl)cc1N. The number of rotatable bonds is 6. The zero-order valence-corrected chi connectivity index (χ0v) is 12.1. The first-order chi connectivity index (χ1) is 9.70. The average molecular weight is 290 g/mol. The Bertz CT molecular complexity index is 543. The molecule has 3 nitrogen and oxygen atoms in total. The first kappa shape index (κ1) is 14.9. The van der Waals surface area contributed by atoms with Crippen molar-refractivity contribution in [3.05, 3.63) is 64.7 Å². The fourth-order valence-corrected chi connectivity index (χ4v) is 2.53. The van der Waals surface area contributed by atoms with Gasteiger partial charge in [0.2, 0.25) is 0 Å². The van der Waals surface area contributed by atoms with Gasteiger partial charge >= 0.3 is 0 Å². The zero-order valence-electron chi connectivity index (χ0n) is 11.4. The molecule has 0 amide bonds. The number of nitrogens with two attached hydrogens (primary N) is 2. The fraction of sp³-hybridized carbons (Fsp3) is 0.250. The molecule has 1 atom stereocenters. The van der Waals surface area contributed by atoms with Gasteiger partial charge in [0.15, 0.2) is 0 Å². The molecule has 0 spiro atoms. The maximum Gasteiger partial charge on any atom is 0.0480 e. The molecular formula is C16H20ClN3. The van der Waals surface area contributed by atoms with Gasteiger partial charge in [-0.25, -0.2) is 0 Å². The Kier molecular flexibility index (Phi) is 5.41. The van der Waals surface area contributed by atoms with E-state index in [1.807, 2.05) is 18.2 Å². The summed E-state index contributed by atoms with van der Waals surface area (Å²) in [5.41, 5.74) is 11.9. The molecule has 106 valence electrons. The zero-order chi connectivity index (χ0) is 14.4. The van der Waals surface area contributed by atoms with E-state index >= 15 is 0 Å². The number of benzene rings is 2. The predicted octanol–water partition coefficient (Wildman–Crippen LogP) is 3.45. The lowest BCUT2D eigenvalue weighted by atomic mass is 9.98. The summed E-state index contributed by atoms with van der Waals surface area (Å²) in [5.74, 6) is 5.65. The molecule has 20 heavy (non-hydrogen) atoms. The van der Waals surface area contributed by atoms with Crippen molar-refractivity contribution in [2.75, 3.05) is 5.73 Å². The second-order valence-corrected chi connectivity index (χ2v) is 5.31. The summed E-state index contributed by atoms with van der Waals surface area (Å²) in [6, 6.07) is 16.0. The standard InChI is InChI=1S/C16H20ClN3/c17-13-9-10-14(15(18)11-13)16(20-19)8-4-7-12-5-2-1-3-6-12/h1-3,5-6,9-11,16,20H,4,7-8,18-19H2. The number of hydrogen-bond acceptors (Lipinski definition) is 3. The number of anilines is 1. The molecule has 0 aliphatic heterocycles. The minimum Gasteiger partial charge on any atom is -0.398 e. The molecule has 0 bridgehead atoms. The molecule has 0 saturated carbocycles. The van der Waals surface area contributed by atoms with E-state index in [2.05, 4.69) is 29.7 Å². The number of halogens is 1. The number of nitrogen functional groups attached to an aromatic ring is 1. The highest BCUT2D eigenvalue weighted by Gasteiger charge is 2.12. The lowest BCUT2D eigenvalue weighted by molar-refractivity contribution is 0.500. The highest BCUT2D eigenvalue weighted by atomic mass is 35.5. The smallest absolute Gasteiger partial charge is 0.0480 e. The summed E-state index contributed by atoms with van der Waals surface area (Å²) < 4.78 is 0. The molecule has 0 heterocycles. The first-order valence-electron chi connectivity index (χ1n) is 6.75. The van der Waals surface area contributed by atoms with Crippen LogP contribution in [0.3, 0.4) is 0 Å². The van der Waals surface area contributed by atoms with Crippen molar-refractivity contribution in [1.82, 2.24) is 5.43 Å². The second-order valence-electron chi connectivity index (χ2n) is 4.87. The van der Waals surface area contributed by atoms with Crippen molar-refractivity contribution >= 4 is 17.3 Å². The van der Waals surface area contributed by atoms with Crippen LogP contribution in [0.2, 0.25) is 5.02 Å². The average Bonchev–Trinajstić information content (AvgIpc) is 2.46. The van der Waals surface area contributed by atoms with Crippen molar-refractivity contribution < 1.29 is 0 Å². The van der Waals surface area contributed by atoms with Crippen molar-refractivity contribution in [3.8, 4) is 0 Å². The fourth-order valence-electron chi connectivity index (χ4n) is 2.35. The molecule has 4 heteroatoms. The monoisotopic (exact) mass is 289 g/mol.